The van der Waals surface area contributed by atoms with E-state index in [0.29, 0.717) is 55.9 Å². The minimum absolute atomic E-state index is 0.0387. The number of benzene rings is 1. The van der Waals surface area contributed by atoms with Crippen LogP contribution in [-0.4, -0.2) is 120 Å². The van der Waals surface area contributed by atoms with Crippen molar-refractivity contribution in [3.8, 4) is 5.75 Å². The molecule has 4 aliphatic heterocycles. The number of halogens is 2. The molecule has 0 aliphatic carbocycles. The van der Waals surface area contributed by atoms with Gasteiger partial charge in [0.1, 0.15) is 17.9 Å². The first-order chi connectivity index (χ1) is 18.8. The average molecular weight is 568 g/mol. The third-order valence-corrected chi connectivity index (χ3v) is 8.94. The van der Waals surface area contributed by atoms with Crippen LogP contribution in [0, 0.1) is 17.7 Å². The number of hydrogen-bond donors (Lipinski definition) is 4. The molecule has 4 saturated heterocycles. The highest BCUT2D eigenvalue weighted by Crippen LogP contribution is 2.25. The van der Waals surface area contributed by atoms with E-state index in [1.165, 1.54) is 18.9 Å². The van der Waals surface area contributed by atoms with E-state index in [9.17, 15) is 19.4 Å². The number of nitrogens with one attached hydrogen (secondary N) is 2. The summed E-state index contributed by atoms with van der Waals surface area (Å²) in [4.78, 5) is 18.9. The molecule has 0 aromatic heterocycles. The largest absolute Gasteiger partial charge is 0.493 e. The van der Waals surface area contributed by atoms with Gasteiger partial charge in [0, 0.05) is 70.9 Å². The SMILES string of the molecule is O=C(Cc1ccc(OCCCC2CCN(C3NCC(Cl)CN3)CC2)cc1F)N1CC(CN2C[C@H](O)[C@@H](O)C2)C1. The summed E-state index contributed by atoms with van der Waals surface area (Å²) in [7, 11) is 0. The van der Waals surface area contributed by atoms with Crippen LogP contribution < -0.4 is 15.4 Å². The highest BCUT2D eigenvalue weighted by atomic mass is 35.5. The third-order valence-electron chi connectivity index (χ3n) is 8.63. The number of hydrogen-bond acceptors (Lipinski definition) is 8. The first-order valence-corrected chi connectivity index (χ1v) is 14.9. The normalized spacial score (nSPS) is 29.5. The first-order valence-electron chi connectivity index (χ1n) is 14.5. The standard InChI is InChI=1S/C28H43ClFN5O4/c29-22-12-31-28(32-13-22)34-7-5-19(6-8-34)2-1-9-39-23-4-3-21(24(30)11-23)10-27(38)35-15-20(16-35)14-33-17-25(36)26(37)18-33/h3-4,11,19-20,22,25-26,28,31-32,36-37H,1-2,5-10,12-18H2/t22?,25-,26-,28?/m0/s1. The molecule has 9 nitrogen and oxygen atoms in total. The fraction of sp³-hybridized carbons (Fsp3) is 0.750. The van der Waals surface area contributed by atoms with Crippen LogP contribution in [0.15, 0.2) is 18.2 Å². The van der Waals surface area contributed by atoms with Crippen molar-refractivity contribution in [3.63, 3.8) is 0 Å². The number of amides is 1. The number of piperidine rings is 1. The highest BCUT2D eigenvalue weighted by Gasteiger charge is 2.36. The first kappa shape index (κ1) is 29.0. The lowest BCUT2D eigenvalue weighted by Gasteiger charge is -2.41. The van der Waals surface area contributed by atoms with Crippen molar-refractivity contribution in [2.24, 2.45) is 11.8 Å². The van der Waals surface area contributed by atoms with E-state index < -0.39 is 18.0 Å². The van der Waals surface area contributed by atoms with Gasteiger partial charge in [0.05, 0.1) is 30.6 Å². The molecule has 5 rings (SSSR count). The maximum atomic E-state index is 14.7. The molecule has 218 valence electrons. The van der Waals surface area contributed by atoms with Gasteiger partial charge in [-0.3, -0.25) is 25.2 Å². The van der Waals surface area contributed by atoms with Gasteiger partial charge in [0.2, 0.25) is 5.91 Å². The molecule has 4 fully saturated rings. The zero-order valence-corrected chi connectivity index (χ0v) is 23.4. The Bertz CT molecular complexity index is 944. The van der Waals surface area contributed by atoms with Gasteiger partial charge in [-0.1, -0.05) is 6.07 Å². The zero-order chi connectivity index (χ0) is 27.4. The Morgan fingerprint density at radius 1 is 1.05 bits per heavy atom. The van der Waals surface area contributed by atoms with Gasteiger partial charge >= 0.3 is 0 Å². The molecule has 4 heterocycles. The lowest BCUT2D eigenvalue weighted by molar-refractivity contribution is -0.137. The number of nitrogens with zero attached hydrogens (tertiary/aromatic N) is 3. The van der Waals surface area contributed by atoms with Crippen LogP contribution in [0.25, 0.3) is 0 Å². The molecule has 2 atom stereocenters. The summed E-state index contributed by atoms with van der Waals surface area (Å²) in [5.74, 6) is 1.03. The van der Waals surface area contributed by atoms with Gasteiger partial charge in [-0.25, -0.2) is 4.39 Å². The van der Waals surface area contributed by atoms with Gasteiger partial charge in [-0.2, -0.15) is 0 Å². The van der Waals surface area contributed by atoms with Gasteiger partial charge in [0.25, 0.3) is 0 Å². The molecule has 0 unspecified atom stereocenters. The molecule has 0 bridgehead atoms. The van der Waals surface area contributed by atoms with Crippen molar-refractivity contribution < 1.29 is 24.1 Å². The molecule has 1 aromatic rings. The predicted octanol–water partition coefficient (Wildman–Crippen LogP) is 0.819. The monoisotopic (exact) mass is 567 g/mol. The molecule has 1 amide bonds. The smallest absolute Gasteiger partial charge is 0.227 e. The number of alkyl halides is 1. The Balaban J connectivity index is 0.954. The number of aliphatic hydroxyl groups is 2. The summed E-state index contributed by atoms with van der Waals surface area (Å²) >= 11 is 6.14. The van der Waals surface area contributed by atoms with E-state index in [4.69, 9.17) is 16.3 Å². The molecule has 0 saturated carbocycles. The lowest BCUT2D eigenvalue weighted by Crippen LogP contribution is -2.62. The van der Waals surface area contributed by atoms with E-state index in [-0.39, 0.29) is 24.0 Å². The van der Waals surface area contributed by atoms with Crippen molar-refractivity contribution in [2.45, 2.75) is 56.0 Å². The number of aliphatic hydroxyl groups excluding tert-OH is 2. The summed E-state index contributed by atoms with van der Waals surface area (Å²) < 4.78 is 20.5. The second-order valence-electron chi connectivity index (χ2n) is 11.7. The van der Waals surface area contributed by atoms with Crippen molar-refractivity contribution in [3.05, 3.63) is 29.6 Å². The van der Waals surface area contributed by atoms with E-state index >= 15 is 0 Å². The van der Waals surface area contributed by atoms with E-state index in [1.54, 1.807) is 17.0 Å². The molecule has 0 radical (unpaired) electrons. The number of carbonyl (C=O) groups is 1. The summed E-state index contributed by atoms with van der Waals surface area (Å²) in [6.45, 7) is 7.33. The van der Waals surface area contributed by atoms with Crippen LogP contribution in [0.3, 0.4) is 0 Å². The molecule has 39 heavy (non-hydrogen) atoms. The fourth-order valence-corrected chi connectivity index (χ4v) is 6.41. The molecule has 4 aliphatic rings. The minimum Gasteiger partial charge on any atom is -0.493 e. The molecule has 0 spiro atoms. The Morgan fingerprint density at radius 3 is 2.41 bits per heavy atom. The Morgan fingerprint density at radius 2 is 1.74 bits per heavy atom. The van der Waals surface area contributed by atoms with Crippen molar-refractivity contribution >= 4 is 17.5 Å². The number of rotatable bonds is 10. The Labute approximate surface area is 235 Å². The Kier molecular flexibility index (Phi) is 9.97. The second kappa shape index (κ2) is 13.4. The fourth-order valence-electron chi connectivity index (χ4n) is 6.23. The molecular formula is C28H43ClFN5O4. The summed E-state index contributed by atoms with van der Waals surface area (Å²) in [5.41, 5.74) is 0.386. The quantitative estimate of drug-likeness (QED) is 0.244. The van der Waals surface area contributed by atoms with Crippen LogP contribution in [0.1, 0.15) is 31.2 Å². The predicted molar refractivity (Wildman–Crippen MR) is 147 cm³/mol. The number of likely N-dealkylation sites (tertiary alicyclic amines) is 3. The van der Waals surface area contributed by atoms with E-state index in [0.717, 1.165) is 45.6 Å². The lowest BCUT2D eigenvalue weighted by atomic mass is 9.92. The summed E-state index contributed by atoms with van der Waals surface area (Å²) in [6.07, 6.45) is 3.27. The van der Waals surface area contributed by atoms with Crippen LogP contribution in [0.5, 0.6) is 5.75 Å². The van der Waals surface area contributed by atoms with Crippen molar-refractivity contribution in [1.82, 2.24) is 25.3 Å². The Hall–Kier alpha value is -1.53. The number of ether oxygens (including phenoxy) is 1. The number of carbonyl (C=O) groups excluding carboxylic acids is 1. The maximum absolute atomic E-state index is 14.7. The zero-order valence-electron chi connectivity index (χ0n) is 22.6. The highest BCUT2D eigenvalue weighted by molar-refractivity contribution is 6.21. The number of β-amino-alcohol motifs (C(OH)–C–C–N with tert-alkyl or cyclic N) is 2. The van der Waals surface area contributed by atoms with Crippen LogP contribution in [-0.2, 0) is 11.2 Å². The van der Waals surface area contributed by atoms with Gasteiger partial charge in [-0.05, 0) is 43.2 Å². The molecular weight excluding hydrogens is 525 g/mol. The minimum atomic E-state index is -0.691. The van der Waals surface area contributed by atoms with Crippen LogP contribution >= 0.6 is 11.6 Å². The van der Waals surface area contributed by atoms with Gasteiger partial charge < -0.3 is 19.8 Å². The average Bonchev–Trinajstić information content (AvgIpc) is 3.22. The van der Waals surface area contributed by atoms with Gasteiger partial charge in [0.15, 0.2) is 0 Å². The van der Waals surface area contributed by atoms with Gasteiger partial charge in [-0.15, -0.1) is 11.6 Å². The maximum Gasteiger partial charge on any atom is 0.227 e. The van der Waals surface area contributed by atoms with Crippen molar-refractivity contribution in [1.29, 1.82) is 0 Å². The second-order valence-corrected chi connectivity index (χ2v) is 12.4. The van der Waals surface area contributed by atoms with E-state index in [1.807, 2.05) is 4.90 Å². The van der Waals surface area contributed by atoms with Crippen LogP contribution in [0.4, 0.5) is 4.39 Å². The van der Waals surface area contributed by atoms with Crippen LogP contribution in [0.2, 0.25) is 0 Å². The topological polar surface area (TPSA) is 101 Å². The third kappa shape index (κ3) is 7.81. The van der Waals surface area contributed by atoms with E-state index in [2.05, 4.69) is 15.5 Å². The molecule has 1 aromatic carbocycles. The summed E-state index contributed by atoms with van der Waals surface area (Å²) in [6, 6.07) is 4.80. The van der Waals surface area contributed by atoms with Crippen molar-refractivity contribution in [2.75, 3.05) is 65.5 Å². The molecule has 11 heteroatoms. The summed E-state index contributed by atoms with van der Waals surface area (Å²) in [5, 5.41) is 26.4. The molecule has 4 N–H and O–H groups in total.